The number of nitrogens with one attached hydrogen (secondary N) is 1. The molecule has 7 heteroatoms. The van der Waals surface area contributed by atoms with E-state index in [9.17, 15) is 4.79 Å². The summed E-state index contributed by atoms with van der Waals surface area (Å²) in [4.78, 5) is 16.3. The molecule has 5 nitrogen and oxygen atoms in total. The summed E-state index contributed by atoms with van der Waals surface area (Å²) in [7, 11) is 0. The van der Waals surface area contributed by atoms with Gasteiger partial charge in [0.15, 0.2) is 10.8 Å². The Morgan fingerprint density at radius 2 is 2.20 bits per heavy atom. The van der Waals surface area contributed by atoms with Crippen molar-refractivity contribution in [3.05, 3.63) is 29.0 Å². The zero-order valence-electron chi connectivity index (χ0n) is 11.6. The van der Waals surface area contributed by atoms with Gasteiger partial charge < -0.3 is 15.5 Å². The van der Waals surface area contributed by atoms with Gasteiger partial charge >= 0.3 is 0 Å². The third-order valence-corrected chi connectivity index (χ3v) is 3.51. The van der Waals surface area contributed by atoms with Crippen LogP contribution in [0, 0.1) is 6.92 Å². The molecule has 0 aromatic carbocycles. The molecule has 2 aromatic rings. The Labute approximate surface area is 128 Å². The summed E-state index contributed by atoms with van der Waals surface area (Å²) in [6.45, 7) is 5.98. The Kier molecular flexibility index (Phi) is 5.33. The van der Waals surface area contributed by atoms with E-state index in [1.54, 1.807) is 5.38 Å². The van der Waals surface area contributed by atoms with Crippen LogP contribution in [-0.2, 0) is 0 Å². The lowest BCUT2D eigenvalue weighted by Gasteiger charge is -2.23. The topological polar surface area (TPSA) is 81.2 Å². The van der Waals surface area contributed by atoms with Gasteiger partial charge in [-0.1, -0.05) is 0 Å². The molecule has 0 aliphatic heterocycles. The van der Waals surface area contributed by atoms with Crippen LogP contribution in [-0.4, -0.2) is 23.0 Å². The van der Waals surface area contributed by atoms with Gasteiger partial charge in [0.25, 0.3) is 5.91 Å². The molecule has 2 aromatic heterocycles. The Morgan fingerprint density at radius 1 is 1.50 bits per heavy atom. The lowest BCUT2D eigenvalue weighted by atomic mass is 10.1. The molecule has 0 atom stereocenters. The first-order chi connectivity index (χ1) is 8.91. The first kappa shape index (κ1) is 16.7. The van der Waals surface area contributed by atoms with E-state index in [2.05, 4.69) is 10.3 Å². The van der Waals surface area contributed by atoms with Gasteiger partial charge in [-0.15, -0.1) is 23.7 Å². The summed E-state index contributed by atoms with van der Waals surface area (Å²) >= 11 is 1.38. The van der Waals surface area contributed by atoms with Crippen LogP contribution in [0.5, 0.6) is 0 Å². The van der Waals surface area contributed by atoms with E-state index in [0.717, 1.165) is 5.76 Å². The molecule has 0 aliphatic rings. The molecule has 0 fully saturated rings. The van der Waals surface area contributed by atoms with E-state index < -0.39 is 5.54 Å². The van der Waals surface area contributed by atoms with Crippen LogP contribution >= 0.6 is 23.7 Å². The normalized spacial score (nSPS) is 11.0. The monoisotopic (exact) mass is 315 g/mol. The number of carbonyl (C=O) groups excluding carboxylic acids is 1. The van der Waals surface area contributed by atoms with Gasteiger partial charge in [0.1, 0.15) is 11.5 Å². The fourth-order valence-corrected chi connectivity index (χ4v) is 2.22. The maximum Gasteiger partial charge on any atom is 0.271 e. The molecule has 0 saturated carbocycles. The summed E-state index contributed by atoms with van der Waals surface area (Å²) in [5, 5.41) is 5.26. The molecule has 0 spiro atoms. The molecule has 110 valence electrons. The standard InChI is InChI=1S/C13H17N3O2S.ClH/c1-8-4-5-10(18-8)12-15-9(6-19-12)11(17)16-13(2,3)7-14;/h4-6H,7,14H2,1-3H3,(H,16,17);1H. The molecule has 0 saturated heterocycles. The summed E-state index contributed by atoms with van der Waals surface area (Å²) in [6.07, 6.45) is 0. The van der Waals surface area contributed by atoms with E-state index in [4.69, 9.17) is 10.2 Å². The van der Waals surface area contributed by atoms with Gasteiger partial charge in [0.2, 0.25) is 0 Å². The minimum absolute atomic E-state index is 0. The number of hydrogen-bond donors (Lipinski definition) is 2. The van der Waals surface area contributed by atoms with Crippen LogP contribution in [0.15, 0.2) is 21.9 Å². The van der Waals surface area contributed by atoms with Crippen molar-refractivity contribution < 1.29 is 9.21 Å². The molecule has 1 amide bonds. The average Bonchev–Trinajstić information content (AvgIpc) is 2.96. The number of carbonyl (C=O) groups is 1. The Hall–Kier alpha value is -1.37. The zero-order chi connectivity index (χ0) is 14.0. The fourth-order valence-electron chi connectivity index (χ4n) is 1.46. The molecular formula is C13H18ClN3O2S. The number of nitrogens with two attached hydrogens (primary N) is 1. The van der Waals surface area contributed by atoms with Crippen LogP contribution in [0.3, 0.4) is 0 Å². The quantitative estimate of drug-likeness (QED) is 0.908. The van der Waals surface area contributed by atoms with Crippen molar-refractivity contribution in [1.29, 1.82) is 0 Å². The summed E-state index contributed by atoms with van der Waals surface area (Å²) in [5.74, 6) is 1.28. The third-order valence-electron chi connectivity index (χ3n) is 2.65. The third kappa shape index (κ3) is 3.82. The second kappa shape index (κ2) is 6.39. The van der Waals surface area contributed by atoms with Crippen LogP contribution in [0.1, 0.15) is 30.1 Å². The van der Waals surface area contributed by atoms with Gasteiger partial charge in [-0.2, -0.15) is 0 Å². The van der Waals surface area contributed by atoms with Crippen molar-refractivity contribution in [2.75, 3.05) is 6.54 Å². The number of hydrogen-bond acceptors (Lipinski definition) is 5. The highest BCUT2D eigenvalue weighted by Crippen LogP contribution is 2.25. The van der Waals surface area contributed by atoms with Crippen molar-refractivity contribution >= 4 is 29.7 Å². The molecular weight excluding hydrogens is 298 g/mol. The van der Waals surface area contributed by atoms with E-state index in [1.165, 1.54) is 11.3 Å². The Bertz CT molecular complexity index is 592. The highest BCUT2D eigenvalue weighted by Gasteiger charge is 2.21. The SMILES string of the molecule is Cc1ccc(-c2nc(C(=O)NC(C)(C)CN)cs2)o1.Cl. The van der Waals surface area contributed by atoms with Crippen LogP contribution in [0.4, 0.5) is 0 Å². The number of amides is 1. The van der Waals surface area contributed by atoms with Crippen LogP contribution in [0.2, 0.25) is 0 Å². The maximum atomic E-state index is 12.0. The van der Waals surface area contributed by atoms with Gasteiger partial charge in [-0.05, 0) is 32.9 Å². The maximum absolute atomic E-state index is 12.0. The molecule has 20 heavy (non-hydrogen) atoms. The van der Waals surface area contributed by atoms with Gasteiger partial charge in [-0.3, -0.25) is 4.79 Å². The fraction of sp³-hybridized carbons (Fsp3) is 0.385. The number of thiazole rings is 1. The molecule has 0 unspecified atom stereocenters. The number of nitrogens with zero attached hydrogens (tertiary/aromatic N) is 1. The summed E-state index contributed by atoms with van der Waals surface area (Å²) < 4.78 is 5.48. The van der Waals surface area contributed by atoms with Gasteiger partial charge in [0.05, 0.1) is 0 Å². The molecule has 0 radical (unpaired) electrons. The number of aromatic nitrogens is 1. The van der Waals surface area contributed by atoms with Gasteiger partial charge in [-0.25, -0.2) is 4.98 Å². The highest BCUT2D eigenvalue weighted by atomic mass is 35.5. The summed E-state index contributed by atoms with van der Waals surface area (Å²) in [6, 6.07) is 3.72. The predicted octanol–water partition coefficient (Wildman–Crippen LogP) is 2.60. The second-order valence-corrected chi connectivity index (χ2v) is 5.85. The lowest BCUT2D eigenvalue weighted by Crippen LogP contribution is -2.48. The summed E-state index contributed by atoms with van der Waals surface area (Å²) in [5.41, 5.74) is 5.53. The van der Waals surface area contributed by atoms with E-state index in [1.807, 2.05) is 32.9 Å². The second-order valence-electron chi connectivity index (χ2n) is 4.99. The molecule has 3 N–H and O–H groups in total. The highest BCUT2D eigenvalue weighted by molar-refractivity contribution is 7.13. The lowest BCUT2D eigenvalue weighted by molar-refractivity contribution is 0.0911. The number of aryl methyl sites for hydroxylation is 1. The van der Waals surface area contributed by atoms with Crippen molar-refractivity contribution in [2.45, 2.75) is 26.3 Å². The predicted molar refractivity (Wildman–Crippen MR) is 82.4 cm³/mol. The van der Waals surface area contributed by atoms with Crippen molar-refractivity contribution in [3.8, 4) is 10.8 Å². The Morgan fingerprint density at radius 3 is 2.75 bits per heavy atom. The van der Waals surface area contributed by atoms with Crippen LogP contribution in [0.25, 0.3) is 10.8 Å². The van der Waals surface area contributed by atoms with Crippen molar-refractivity contribution in [3.63, 3.8) is 0 Å². The van der Waals surface area contributed by atoms with E-state index >= 15 is 0 Å². The average molecular weight is 316 g/mol. The molecule has 0 bridgehead atoms. The largest absolute Gasteiger partial charge is 0.459 e. The van der Waals surface area contributed by atoms with E-state index in [-0.39, 0.29) is 18.3 Å². The molecule has 2 rings (SSSR count). The smallest absolute Gasteiger partial charge is 0.271 e. The van der Waals surface area contributed by atoms with Crippen molar-refractivity contribution in [2.24, 2.45) is 5.73 Å². The Balaban J connectivity index is 0.00000200. The van der Waals surface area contributed by atoms with E-state index in [0.29, 0.717) is 23.0 Å². The minimum atomic E-state index is -0.442. The van der Waals surface area contributed by atoms with Crippen molar-refractivity contribution in [1.82, 2.24) is 10.3 Å². The first-order valence-corrected chi connectivity index (χ1v) is 6.84. The molecule has 2 heterocycles. The van der Waals surface area contributed by atoms with Crippen LogP contribution < -0.4 is 11.1 Å². The molecule has 0 aliphatic carbocycles. The zero-order valence-corrected chi connectivity index (χ0v) is 13.2. The number of furan rings is 1. The van der Waals surface area contributed by atoms with Gasteiger partial charge in [0, 0.05) is 17.5 Å². The first-order valence-electron chi connectivity index (χ1n) is 5.96. The number of rotatable bonds is 4. The minimum Gasteiger partial charge on any atom is -0.459 e. The number of halogens is 1.